The minimum atomic E-state index is -3.66. The topological polar surface area (TPSA) is 99.0 Å². The molecule has 4 rings (SSSR count). The van der Waals surface area contributed by atoms with Gasteiger partial charge in [-0.15, -0.1) is 10.2 Å². The van der Waals surface area contributed by atoms with Crippen LogP contribution in [0.3, 0.4) is 0 Å². The van der Waals surface area contributed by atoms with Crippen LogP contribution in [0.15, 0.2) is 84.0 Å². The van der Waals surface area contributed by atoms with Crippen molar-refractivity contribution in [1.82, 2.24) is 20.0 Å². The zero-order valence-electron chi connectivity index (χ0n) is 16.1. The van der Waals surface area contributed by atoms with Crippen LogP contribution >= 0.6 is 0 Å². The number of nitrogens with one attached hydrogen (secondary N) is 1. The molecule has 1 N–H and O–H groups in total. The Balaban J connectivity index is 1.42. The molecular formula is C21H19N5O3S. The monoisotopic (exact) mass is 421 g/mol. The third-order valence-electron chi connectivity index (χ3n) is 4.34. The molecule has 2 aromatic heterocycles. The van der Waals surface area contributed by atoms with Crippen LogP contribution in [-0.2, 0) is 16.4 Å². The lowest BCUT2D eigenvalue weighted by atomic mass is 10.2. The van der Waals surface area contributed by atoms with E-state index in [9.17, 15) is 8.42 Å². The van der Waals surface area contributed by atoms with Crippen molar-refractivity contribution in [2.45, 2.75) is 18.2 Å². The summed E-state index contributed by atoms with van der Waals surface area (Å²) >= 11 is 0. The van der Waals surface area contributed by atoms with Crippen LogP contribution < -0.4 is 9.46 Å². The van der Waals surface area contributed by atoms with E-state index in [-0.39, 0.29) is 4.90 Å². The molecule has 0 aliphatic rings. The van der Waals surface area contributed by atoms with Gasteiger partial charge in [0.15, 0.2) is 5.82 Å². The third-order valence-corrected chi connectivity index (χ3v) is 5.73. The van der Waals surface area contributed by atoms with E-state index in [1.807, 2.05) is 19.1 Å². The Kier molecular flexibility index (Phi) is 5.44. The van der Waals surface area contributed by atoms with Gasteiger partial charge in [-0.3, -0.25) is 4.72 Å². The number of rotatable bonds is 7. The molecule has 0 radical (unpaired) electrons. The molecular weight excluding hydrogens is 402 g/mol. The zero-order chi connectivity index (χ0) is 21.0. The second kappa shape index (κ2) is 8.34. The van der Waals surface area contributed by atoms with Crippen LogP contribution in [0.1, 0.15) is 12.5 Å². The van der Waals surface area contributed by atoms with Gasteiger partial charge in [0.05, 0.1) is 4.90 Å². The summed E-state index contributed by atoms with van der Waals surface area (Å²) in [6.07, 6.45) is 4.27. The summed E-state index contributed by atoms with van der Waals surface area (Å²) in [5.74, 6) is 1.39. The lowest BCUT2D eigenvalue weighted by Gasteiger charge is -2.10. The third kappa shape index (κ3) is 4.47. The highest BCUT2D eigenvalue weighted by molar-refractivity contribution is 7.92. The summed E-state index contributed by atoms with van der Waals surface area (Å²) in [4.78, 5) is 0.215. The molecule has 0 spiro atoms. The molecule has 0 aliphatic heterocycles. The van der Waals surface area contributed by atoms with Crippen molar-refractivity contribution in [1.29, 1.82) is 0 Å². The van der Waals surface area contributed by atoms with Crippen LogP contribution in [0.5, 0.6) is 11.6 Å². The first-order valence-corrected chi connectivity index (χ1v) is 10.8. The smallest absolute Gasteiger partial charge is 0.261 e. The summed E-state index contributed by atoms with van der Waals surface area (Å²) in [7, 11) is -3.66. The standard InChI is InChI=1S/C21H19N5O3S/c1-2-16-4-10-19(11-5-16)30(27,28)25-17-6-8-18(9-7-17)29-21-13-12-20(23-24-21)26-15-3-14-22-26/h3-15,25H,2H2,1H3. The van der Waals surface area contributed by atoms with E-state index in [4.69, 9.17) is 4.74 Å². The number of aryl methyl sites for hydroxylation is 1. The number of aromatic nitrogens is 4. The van der Waals surface area contributed by atoms with Gasteiger partial charge in [0.1, 0.15) is 5.75 Å². The first-order valence-electron chi connectivity index (χ1n) is 9.27. The number of nitrogens with zero attached hydrogens (tertiary/aromatic N) is 4. The van der Waals surface area contributed by atoms with Crippen molar-refractivity contribution in [2.75, 3.05) is 4.72 Å². The van der Waals surface area contributed by atoms with Crippen LogP contribution in [-0.4, -0.2) is 28.4 Å². The van der Waals surface area contributed by atoms with E-state index < -0.39 is 10.0 Å². The van der Waals surface area contributed by atoms with Gasteiger partial charge in [0.25, 0.3) is 10.0 Å². The summed E-state index contributed by atoms with van der Waals surface area (Å²) < 4.78 is 34.9. The van der Waals surface area contributed by atoms with Crippen LogP contribution in [0.25, 0.3) is 5.82 Å². The molecule has 0 amide bonds. The predicted octanol–water partition coefficient (Wildman–Crippen LogP) is 3.82. The van der Waals surface area contributed by atoms with Crippen molar-refractivity contribution in [3.05, 3.63) is 84.7 Å². The summed E-state index contributed by atoms with van der Waals surface area (Å²) in [5.41, 5.74) is 1.51. The van der Waals surface area contributed by atoms with E-state index >= 15 is 0 Å². The summed E-state index contributed by atoms with van der Waals surface area (Å²) in [6, 6.07) is 18.6. The molecule has 0 saturated carbocycles. The van der Waals surface area contributed by atoms with E-state index in [1.165, 1.54) is 0 Å². The second-order valence-corrected chi connectivity index (χ2v) is 8.09. The largest absolute Gasteiger partial charge is 0.438 e. The average Bonchev–Trinajstić information content (AvgIpc) is 3.30. The van der Waals surface area contributed by atoms with E-state index in [1.54, 1.807) is 71.7 Å². The summed E-state index contributed by atoms with van der Waals surface area (Å²) in [6.45, 7) is 2.02. The van der Waals surface area contributed by atoms with Crippen molar-refractivity contribution >= 4 is 15.7 Å². The van der Waals surface area contributed by atoms with Crippen LogP contribution in [0.4, 0.5) is 5.69 Å². The number of ether oxygens (including phenoxy) is 1. The maximum absolute atomic E-state index is 12.5. The molecule has 9 heteroatoms. The number of anilines is 1. The SMILES string of the molecule is CCc1ccc(S(=O)(=O)Nc2ccc(Oc3ccc(-n4cccn4)nn3)cc2)cc1. The Morgan fingerprint density at radius 1 is 0.967 bits per heavy atom. The Hall–Kier alpha value is -3.72. The quantitative estimate of drug-likeness (QED) is 0.487. The predicted molar refractivity (Wildman–Crippen MR) is 112 cm³/mol. The minimum Gasteiger partial charge on any atom is -0.438 e. The molecule has 2 aromatic carbocycles. The van der Waals surface area contributed by atoms with Crippen molar-refractivity contribution < 1.29 is 13.2 Å². The zero-order valence-corrected chi connectivity index (χ0v) is 17.0. The summed E-state index contributed by atoms with van der Waals surface area (Å²) in [5, 5.41) is 12.2. The fraction of sp³-hybridized carbons (Fsp3) is 0.0952. The van der Waals surface area contributed by atoms with Crippen LogP contribution in [0, 0.1) is 0 Å². The Labute approximate surface area is 174 Å². The first kappa shape index (κ1) is 19.6. The highest BCUT2D eigenvalue weighted by Gasteiger charge is 2.14. The number of hydrogen-bond donors (Lipinski definition) is 1. The lowest BCUT2D eigenvalue weighted by Crippen LogP contribution is -2.12. The van der Waals surface area contributed by atoms with E-state index in [2.05, 4.69) is 20.0 Å². The minimum absolute atomic E-state index is 0.215. The highest BCUT2D eigenvalue weighted by Crippen LogP contribution is 2.23. The fourth-order valence-corrected chi connectivity index (χ4v) is 3.78. The molecule has 8 nitrogen and oxygen atoms in total. The Morgan fingerprint density at radius 3 is 2.33 bits per heavy atom. The van der Waals surface area contributed by atoms with Crippen LogP contribution in [0.2, 0.25) is 0 Å². The van der Waals surface area contributed by atoms with Crippen molar-refractivity contribution in [3.8, 4) is 17.4 Å². The second-order valence-electron chi connectivity index (χ2n) is 6.41. The molecule has 0 unspecified atom stereocenters. The van der Waals surface area contributed by atoms with Crippen molar-refractivity contribution in [3.63, 3.8) is 0 Å². The van der Waals surface area contributed by atoms with Gasteiger partial charge < -0.3 is 4.74 Å². The van der Waals surface area contributed by atoms with Gasteiger partial charge in [0.2, 0.25) is 5.88 Å². The molecule has 0 saturated heterocycles. The van der Waals surface area contributed by atoms with Gasteiger partial charge in [-0.05, 0) is 60.5 Å². The molecule has 0 aliphatic carbocycles. The molecule has 4 aromatic rings. The van der Waals surface area contributed by atoms with Gasteiger partial charge in [-0.2, -0.15) is 5.10 Å². The Bertz CT molecular complexity index is 1210. The molecule has 152 valence electrons. The molecule has 0 bridgehead atoms. The normalized spacial score (nSPS) is 11.2. The number of hydrogen-bond acceptors (Lipinski definition) is 6. The molecule has 2 heterocycles. The number of benzene rings is 2. The maximum atomic E-state index is 12.5. The van der Waals surface area contributed by atoms with Gasteiger partial charge in [0, 0.05) is 24.1 Å². The highest BCUT2D eigenvalue weighted by atomic mass is 32.2. The Morgan fingerprint density at radius 2 is 1.73 bits per heavy atom. The first-order chi connectivity index (χ1) is 14.5. The van der Waals surface area contributed by atoms with E-state index in [0.717, 1.165) is 12.0 Å². The average molecular weight is 421 g/mol. The molecule has 0 fully saturated rings. The number of sulfonamides is 1. The fourth-order valence-electron chi connectivity index (χ4n) is 2.72. The van der Waals surface area contributed by atoms with Crippen molar-refractivity contribution in [2.24, 2.45) is 0 Å². The lowest BCUT2D eigenvalue weighted by molar-refractivity contribution is 0.454. The van der Waals surface area contributed by atoms with E-state index in [0.29, 0.717) is 23.1 Å². The molecule has 0 atom stereocenters. The van der Waals surface area contributed by atoms with Gasteiger partial charge >= 0.3 is 0 Å². The van der Waals surface area contributed by atoms with Gasteiger partial charge in [-0.25, -0.2) is 13.1 Å². The maximum Gasteiger partial charge on any atom is 0.261 e. The van der Waals surface area contributed by atoms with Gasteiger partial charge in [-0.1, -0.05) is 19.1 Å². The molecule has 30 heavy (non-hydrogen) atoms.